The largest absolute Gasteiger partial charge is 0.348 e. The van der Waals surface area contributed by atoms with Gasteiger partial charge in [-0.3, -0.25) is 4.79 Å². The second-order valence-corrected chi connectivity index (χ2v) is 5.16. The van der Waals surface area contributed by atoms with Gasteiger partial charge < -0.3 is 4.90 Å². The van der Waals surface area contributed by atoms with Gasteiger partial charge in [-0.25, -0.2) is 4.98 Å². The van der Waals surface area contributed by atoms with Crippen LogP contribution in [0.1, 0.15) is 10.6 Å². The van der Waals surface area contributed by atoms with Gasteiger partial charge >= 0.3 is 0 Å². The Labute approximate surface area is 98.7 Å². The van der Waals surface area contributed by atoms with Crippen molar-refractivity contribution in [2.45, 2.75) is 13.3 Å². The number of rotatable bonds is 2. The van der Waals surface area contributed by atoms with Gasteiger partial charge in [0.05, 0.1) is 16.6 Å². The lowest BCUT2D eigenvalue weighted by atomic mass is 10.2. The minimum atomic E-state index is 0.0933. The first-order chi connectivity index (χ1) is 7.56. The molecule has 0 N–H and O–H groups in total. The normalized spacial score (nSPS) is 10.7. The molecule has 0 atom stereocenters. The molecule has 16 heavy (non-hydrogen) atoms. The molecule has 84 valence electrons. The van der Waals surface area contributed by atoms with Crippen molar-refractivity contribution in [2.24, 2.45) is 0 Å². The molecule has 1 amide bonds. The summed E-state index contributed by atoms with van der Waals surface area (Å²) in [5.41, 5.74) is 2.21. The molecule has 2 rings (SSSR count). The zero-order valence-corrected chi connectivity index (χ0v) is 10.5. The lowest BCUT2D eigenvalue weighted by Crippen LogP contribution is -2.23. The number of aromatic nitrogens is 1. The monoisotopic (exact) mass is 234 g/mol. The number of nitrogens with zero attached hydrogens (tertiary/aromatic N) is 2. The Kier molecular flexibility index (Phi) is 2.92. The molecule has 0 spiro atoms. The third-order valence-electron chi connectivity index (χ3n) is 2.39. The number of aryl methyl sites for hydroxylation is 1. The minimum Gasteiger partial charge on any atom is -0.348 e. The molecule has 0 aliphatic rings. The fourth-order valence-electron chi connectivity index (χ4n) is 1.44. The SMILES string of the molecule is Cc1ccc2nc(CC(=O)N(C)C)sc2c1. The molecular formula is C12H14N2OS. The van der Waals surface area contributed by atoms with Gasteiger partial charge in [0.25, 0.3) is 0 Å². The molecule has 0 fully saturated rings. The summed E-state index contributed by atoms with van der Waals surface area (Å²) >= 11 is 1.60. The van der Waals surface area contributed by atoms with Crippen LogP contribution in [0.4, 0.5) is 0 Å². The summed E-state index contributed by atoms with van der Waals surface area (Å²) in [5.74, 6) is 0.0933. The summed E-state index contributed by atoms with van der Waals surface area (Å²) in [5, 5.41) is 0.888. The lowest BCUT2D eigenvalue weighted by molar-refractivity contribution is -0.127. The standard InChI is InChI=1S/C12H14N2OS/c1-8-4-5-9-10(6-8)16-11(13-9)7-12(15)14(2)3/h4-6H,7H2,1-3H3. The van der Waals surface area contributed by atoms with E-state index in [0.717, 1.165) is 15.2 Å². The first-order valence-electron chi connectivity index (χ1n) is 5.12. The Balaban J connectivity index is 2.29. The molecule has 1 aromatic heterocycles. The summed E-state index contributed by atoms with van der Waals surface area (Å²) in [4.78, 5) is 17.6. The summed E-state index contributed by atoms with van der Waals surface area (Å²) in [6, 6.07) is 6.15. The van der Waals surface area contributed by atoms with Crippen LogP contribution in [-0.2, 0) is 11.2 Å². The topological polar surface area (TPSA) is 33.2 Å². The number of likely N-dealkylation sites (N-methyl/N-ethyl adjacent to an activating group) is 1. The van der Waals surface area contributed by atoms with Gasteiger partial charge in [0.1, 0.15) is 5.01 Å². The molecule has 2 aromatic rings. The van der Waals surface area contributed by atoms with Gasteiger partial charge in [-0.05, 0) is 24.6 Å². The maximum atomic E-state index is 11.5. The molecule has 0 radical (unpaired) electrons. The van der Waals surface area contributed by atoms with Crippen LogP contribution in [0, 0.1) is 6.92 Å². The molecule has 0 aliphatic heterocycles. The van der Waals surface area contributed by atoms with Crippen LogP contribution in [0.25, 0.3) is 10.2 Å². The first kappa shape index (κ1) is 11.1. The molecule has 4 heteroatoms. The van der Waals surface area contributed by atoms with E-state index in [4.69, 9.17) is 0 Å². The second kappa shape index (κ2) is 4.22. The minimum absolute atomic E-state index is 0.0933. The molecule has 0 unspecified atom stereocenters. The van der Waals surface area contributed by atoms with E-state index in [1.165, 1.54) is 5.56 Å². The van der Waals surface area contributed by atoms with Crippen molar-refractivity contribution in [1.29, 1.82) is 0 Å². The van der Waals surface area contributed by atoms with Gasteiger partial charge in [0, 0.05) is 14.1 Å². The highest BCUT2D eigenvalue weighted by atomic mass is 32.1. The highest BCUT2D eigenvalue weighted by Crippen LogP contribution is 2.23. The highest BCUT2D eigenvalue weighted by molar-refractivity contribution is 7.18. The Morgan fingerprint density at radius 3 is 2.88 bits per heavy atom. The predicted octanol–water partition coefficient (Wildman–Crippen LogP) is 2.24. The second-order valence-electron chi connectivity index (χ2n) is 4.04. The van der Waals surface area contributed by atoms with Crippen molar-refractivity contribution in [3.63, 3.8) is 0 Å². The van der Waals surface area contributed by atoms with Gasteiger partial charge in [-0.15, -0.1) is 11.3 Å². The van der Waals surface area contributed by atoms with E-state index in [1.807, 2.05) is 12.1 Å². The average molecular weight is 234 g/mol. The molecular weight excluding hydrogens is 220 g/mol. The van der Waals surface area contributed by atoms with E-state index < -0.39 is 0 Å². The zero-order chi connectivity index (χ0) is 11.7. The fourth-order valence-corrected chi connectivity index (χ4v) is 2.50. The number of hydrogen-bond donors (Lipinski definition) is 0. The van der Waals surface area contributed by atoms with Crippen molar-refractivity contribution in [3.05, 3.63) is 28.8 Å². The summed E-state index contributed by atoms with van der Waals surface area (Å²) in [6.45, 7) is 2.06. The predicted molar refractivity (Wildman–Crippen MR) is 66.8 cm³/mol. The van der Waals surface area contributed by atoms with Crippen molar-refractivity contribution in [3.8, 4) is 0 Å². The summed E-state index contributed by atoms with van der Waals surface area (Å²) in [6.07, 6.45) is 0.394. The lowest BCUT2D eigenvalue weighted by Gasteiger charge is -2.07. The molecule has 1 heterocycles. The van der Waals surface area contributed by atoms with E-state index in [9.17, 15) is 4.79 Å². The molecule has 0 saturated carbocycles. The summed E-state index contributed by atoms with van der Waals surface area (Å²) < 4.78 is 1.15. The van der Waals surface area contributed by atoms with Gasteiger partial charge in [-0.1, -0.05) is 6.07 Å². The maximum absolute atomic E-state index is 11.5. The van der Waals surface area contributed by atoms with E-state index in [0.29, 0.717) is 6.42 Å². The molecule has 0 aliphatic carbocycles. The third kappa shape index (κ3) is 2.22. The smallest absolute Gasteiger partial charge is 0.228 e. The number of hydrogen-bond acceptors (Lipinski definition) is 3. The zero-order valence-electron chi connectivity index (χ0n) is 9.65. The average Bonchev–Trinajstić information content (AvgIpc) is 2.58. The first-order valence-corrected chi connectivity index (χ1v) is 5.94. The van der Waals surface area contributed by atoms with Crippen LogP contribution in [0.5, 0.6) is 0 Å². The molecule has 0 saturated heterocycles. The van der Waals surface area contributed by atoms with Crippen LogP contribution in [-0.4, -0.2) is 29.9 Å². The summed E-state index contributed by atoms with van der Waals surface area (Å²) in [7, 11) is 3.53. The van der Waals surface area contributed by atoms with Crippen molar-refractivity contribution in [2.75, 3.05) is 14.1 Å². The molecule has 1 aromatic carbocycles. The Hall–Kier alpha value is -1.42. The number of fused-ring (bicyclic) bond motifs is 1. The van der Waals surface area contributed by atoms with Crippen LogP contribution < -0.4 is 0 Å². The van der Waals surface area contributed by atoms with Gasteiger partial charge in [0.2, 0.25) is 5.91 Å². The number of carbonyl (C=O) groups excluding carboxylic acids is 1. The van der Waals surface area contributed by atoms with Crippen molar-refractivity contribution >= 4 is 27.5 Å². The number of amides is 1. The van der Waals surface area contributed by atoms with E-state index in [-0.39, 0.29) is 5.91 Å². The molecule has 3 nitrogen and oxygen atoms in total. The van der Waals surface area contributed by atoms with Gasteiger partial charge in [0.15, 0.2) is 0 Å². The maximum Gasteiger partial charge on any atom is 0.228 e. The molecule has 0 bridgehead atoms. The number of benzene rings is 1. The fraction of sp³-hybridized carbons (Fsp3) is 0.333. The Bertz CT molecular complexity index is 531. The number of carbonyl (C=O) groups is 1. The van der Waals surface area contributed by atoms with E-state index in [2.05, 4.69) is 18.0 Å². The van der Waals surface area contributed by atoms with Crippen LogP contribution in [0.3, 0.4) is 0 Å². The number of thiazole rings is 1. The van der Waals surface area contributed by atoms with Crippen molar-refractivity contribution in [1.82, 2.24) is 9.88 Å². The Morgan fingerprint density at radius 2 is 2.19 bits per heavy atom. The van der Waals surface area contributed by atoms with Gasteiger partial charge in [-0.2, -0.15) is 0 Å². The highest BCUT2D eigenvalue weighted by Gasteiger charge is 2.10. The van der Waals surface area contributed by atoms with Crippen LogP contribution in [0.2, 0.25) is 0 Å². The van der Waals surface area contributed by atoms with Crippen molar-refractivity contribution < 1.29 is 4.79 Å². The Morgan fingerprint density at radius 1 is 1.44 bits per heavy atom. The third-order valence-corrected chi connectivity index (χ3v) is 3.41. The quantitative estimate of drug-likeness (QED) is 0.798. The van der Waals surface area contributed by atoms with E-state index in [1.54, 1.807) is 30.3 Å². The van der Waals surface area contributed by atoms with E-state index >= 15 is 0 Å². The van der Waals surface area contributed by atoms with Crippen LogP contribution >= 0.6 is 11.3 Å². The van der Waals surface area contributed by atoms with Crippen LogP contribution in [0.15, 0.2) is 18.2 Å².